The molecule has 0 aliphatic carbocycles. The number of nitro groups is 1. The zero-order chi connectivity index (χ0) is 26.5. The van der Waals surface area contributed by atoms with Crippen LogP contribution in [0.3, 0.4) is 0 Å². The topological polar surface area (TPSA) is 131 Å². The number of aryl methyl sites for hydroxylation is 1. The van der Waals surface area contributed by atoms with E-state index in [1.165, 1.54) is 33.4 Å². The molecular weight excluding hydrogens is 478 g/mol. The summed E-state index contributed by atoms with van der Waals surface area (Å²) in [6.07, 6.45) is 2.85. The first-order chi connectivity index (χ1) is 17.8. The van der Waals surface area contributed by atoms with Gasteiger partial charge in [0.2, 0.25) is 0 Å². The van der Waals surface area contributed by atoms with Crippen molar-refractivity contribution in [1.82, 2.24) is 18.7 Å². The van der Waals surface area contributed by atoms with Crippen molar-refractivity contribution < 1.29 is 14.5 Å². The number of hydrogen-bond acceptors (Lipinski definition) is 7. The highest BCUT2D eigenvalue weighted by molar-refractivity contribution is 5.89. The summed E-state index contributed by atoms with van der Waals surface area (Å²) < 4.78 is 9.78. The van der Waals surface area contributed by atoms with Gasteiger partial charge >= 0.3 is 11.7 Å². The average Bonchev–Trinajstić information content (AvgIpc) is 3.31. The van der Waals surface area contributed by atoms with Gasteiger partial charge in [0.25, 0.3) is 11.2 Å². The van der Waals surface area contributed by atoms with E-state index in [4.69, 9.17) is 4.74 Å². The molecule has 0 spiro atoms. The van der Waals surface area contributed by atoms with Crippen molar-refractivity contribution in [2.45, 2.75) is 45.4 Å². The van der Waals surface area contributed by atoms with E-state index < -0.39 is 22.7 Å². The first kappa shape index (κ1) is 25.5. The highest BCUT2D eigenvalue weighted by atomic mass is 16.6. The normalized spacial score (nSPS) is 11.9. The van der Waals surface area contributed by atoms with Crippen LogP contribution in [0, 0.1) is 10.1 Å². The third-order valence-corrected chi connectivity index (χ3v) is 6.16. The number of nitro benzene ring substituents is 1. The van der Waals surface area contributed by atoms with Gasteiger partial charge in [0, 0.05) is 32.3 Å². The number of nitrogens with zero attached hydrogens (tertiary/aromatic N) is 5. The lowest BCUT2D eigenvalue weighted by molar-refractivity contribution is -0.384. The summed E-state index contributed by atoms with van der Waals surface area (Å²) in [5.41, 5.74) is 1.04. The third kappa shape index (κ3) is 5.66. The highest BCUT2D eigenvalue weighted by Crippen LogP contribution is 2.15. The van der Waals surface area contributed by atoms with Gasteiger partial charge in [0.1, 0.15) is 0 Å². The summed E-state index contributed by atoms with van der Waals surface area (Å²) in [5, 5.41) is 10.8. The summed E-state index contributed by atoms with van der Waals surface area (Å²) in [7, 11) is 1.60. The maximum Gasteiger partial charge on any atom is 0.338 e. The van der Waals surface area contributed by atoms with Crippen LogP contribution in [0.15, 0.2) is 70.5 Å². The molecule has 192 valence electrons. The molecule has 0 N–H and O–H groups in total. The predicted octanol–water partition coefficient (Wildman–Crippen LogP) is 3.27. The minimum atomic E-state index is -0.565. The molecule has 0 radical (unpaired) electrons. The lowest BCUT2D eigenvalue weighted by Gasteiger charge is -2.14. The smallest absolute Gasteiger partial charge is 0.338 e. The Balaban J connectivity index is 1.38. The van der Waals surface area contributed by atoms with E-state index in [-0.39, 0.29) is 23.4 Å². The van der Waals surface area contributed by atoms with Crippen LogP contribution >= 0.6 is 0 Å². The third-order valence-electron chi connectivity index (χ3n) is 6.16. The number of non-ortho nitro benzene ring substituents is 1. The zero-order valence-corrected chi connectivity index (χ0v) is 20.6. The number of carbonyl (C=O) groups is 1. The fourth-order valence-corrected chi connectivity index (χ4v) is 4.15. The maximum atomic E-state index is 13.2. The molecule has 0 aliphatic heterocycles. The van der Waals surface area contributed by atoms with Gasteiger partial charge in [-0.1, -0.05) is 30.3 Å². The SMILES string of the molecule is C[C@@H](CCCCn1c(=O)c2c(ncn2Cc2ccccc2)n(C)c1=O)OC(=O)c1ccc([N+](=O)[O-])cc1. The number of imidazole rings is 1. The number of hydrogen-bond donors (Lipinski definition) is 0. The van der Waals surface area contributed by atoms with E-state index >= 15 is 0 Å². The van der Waals surface area contributed by atoms with Crippen molar-refractivity contribution in [2.75, 3.05) is 0 Å². The standard InChI is InChI=1S/C26H27N5O6/c1-18(37-25(33)20-11-13-21(14-12-20)31(35)36)8-6-7-15-30-24(32)22-23(28(2)26(30)34)27-17-29(22)16-19-9-4-3-5-10-19/h3-5,9-14,17-18H,6-8,15-16H2,1-2H3/t18-/m0/s1. The fourth-order valence-electron chi connectivity index (χ4n) is 4.15. The van der Waals surface area contributed by atoms with E-state index in [9.17, 15) is 24.5 Å². The molecule has 2 heterocycles. The quantitative estimate of drug-likeness (QED) is 0.140. The Morgan fingerprint density at radius 2 is 1.78 bits per heavy atom. The summed E-state index contributed by atoms with van der Waals surface area (Å²) in [5.74, 6) is -0.565. The largest absolute Gasteiger partial charge is 0.459 e. The number of fused-ring (bicyclic) bond motifs is 1. The second kappa shape index (κ2) is 11.0. The van der Waals surface area contributed by atoms with Gasteiger partial charge in [-0.15, -0.1) is 0 Å². The molecule has 2 aromatic carbocycles. The van der Waals surface area contributed by atoms with Crippen molar-refractivity contribution in [1.29, 1.82) is 0 Å². The Labute approximate surface area is 211 Å². The molecule has 0 saturated heterocycles. The summed E-state index contributed by atoms with van der Waals surface area (Å²) in [4.78, 5) is 52.9. The zero-order valence-electron chi connectivity index (χ0n) is 20.6. The van der Waals surface area contributed by atoms with Crippen LogP contribution in [-0.4, -0.2) is 35.7 Å². The number of esters is 1. The minimum absolute atomic E-state index is 0.104. The Hall–Kier alpha value is -4.54. The molecule has 11 nitrogen and oxygen atoms in total. The lowest BCUT2D eigenvalue weighted by Crippen LogP contribution is -2.39. The lowest BCUT2D eigenvalue weighted by atomic mass is 10.1. The molecular formula is C26H27N5O6. The van der Waals surface area contributed by atoms with Crippen molar-refractivity contribution in [3.8, 4) is 0 Å². The van der Waals surface area contributed by atoms with Gasteiger partial charge in [0.15, 0.2) is 11.2 Å². The van der Waals surface area contributed by atoms with Crippen LogP contribution in [0.25, 0.3) is 11.2 Å². The molecule has 37 heavy (non-hydrogen) atoms. The van der Waals surface area contributed by atoms with Crippen LogP contribution in [0.1, 0.15) is 42.1 Å². The van der Waals surface area contributed by atoms with E-state index in [1.54, 1.807) is 24.9 Å². The highest BCUT2D eigenvalue weighted by Gasteiger charge is 2.17. The Kier molecular flexibility index (Phi) is 7.61. The molecule has 0 unspecified atom stereocenters. The van der Waals surface area contributed by atoms with E-state index in [2.05, 4.69) is 4.98 Å². The number of rotatable bonds is 10. The van der Waals surface area contributed by atoms with Gasteiger partial charge in [-0.3, -0.25) is 24.0 Å². The molecule has 0 aliphatic rings. The van der Waals surface area contributed by atoms with E-state index in [1.807, 2.05) is 30.3 Å². The van der Waals surface area contributed by atoms with Crippen molar-refractivity contribution in [3.63, 3.8) is 0 Å². The number of benzene rings is 2. The van der Waals surface area contributed by atoms with Gasteiger partial charge in [-0.25, -0.2) is 14.6 Å². The summed E-state index contributed by atoms with van der Waals surface area (Å²) >= 11 is 0. The van der Waals surface area contributed by atoms with Gasteiger partial charge in [-0.05, 0) is 43.9 Å². The first-order valence-electron chi connectivity index (χ1n) is 11.9. The van der Waals surface area contributed by atoms with E-state index in [0.29, 0.717) is 37.0 Å². The number of unbranched alkanes of at least 4 members (excludes halogenated alkanes) is 1. The summed E-state index contributed by atoms with van der Waals surface area (Å²) in [6.45, 7) is 2.44. The fraction of sp³-hybridized carbons (Fsp3) is 0.308. The Morgan fingerprint density at radius 1 is 1.08 bits per heavy atom. The maximum absolute atomic E-state index is 13.2. The minimum Gasteiger partial charge on any atom is -0.459 e. The molecule has 11 heteroatoms. The van der Waals surface area contributed by atoms with Crippen LogP contribution in [-0.2, 0) is 24.9 Å². The van der Waals surface area contributed by atoms with Crippen LogP contribution < -0.4 is 11.2 Å². The van der Waals surface area contributed by atoms with Crippen molar-refractivity contribution in [2.24, 2.45) is 7.05 Å². The van der Waals surface area contributed by atoms with Crippen LogP contribution in [0.2, 0.25) is 0 Å². The van der Waals surface area contributed by atoms with Gasteiger partial charge < -0.3 is 9.30 Å². The molecule has 0 fully saturated rings. The molecule has 1 atom stereocenters. The summed E-state index contributed by atoms with van der Waals surface area (Å²) in [6, 6.07) is 14.9. The molecule has 0 bridgehead atoms. The molecule has 2 aromatic heterocycles. The molecule has 0 saturated carbocycles. The monoisotopic (exact) mass is 505 g/mol. The molecule has 4 rings (SSSR count). The van der Waals surface area contributed by atoms with E-state index in [0.717, 1.165) is 5.56 Å². The van der Waals surface area contributed by atoms with Crippen LogP contribution in [0.5, 0.6) is 0 Å². The number of aromatic nitrogens is 4. The Morgan fingerprint density at radius 3 is 2.46 bits per heavy atom. The van der Waals surface area contributed by atoms with Gasteiger partial charge in [-0.2, -0.15) is 0 Å². The van der Waals surface area contributed by atoms with Crippen molar-refractivity contribution in [3.05, 3.63) is 103 Å². The number of ether oxygens (including phenoxy) is 1. The predicted molar refractivity (Wildman–Crippen MR) is 137 cm³/mol. The van der Waals surface area contributed by atoms with Crippen molar-refractivity contribution >= 4 is 22.8 Å². The van der Waals surface area contributed by atoms with Gasteiger partial charge in [0.05, 0.1) is 22.9 Å². The average molecular weight is 506 g/mol. The second-order valence-electron chi connectivity index (χ2n) is 8.84. The second-order valence-corrected chi connectivity index (χ2v) is 8.84. The number of carbonyl (C=O) groups excluding carboxylic acids is 1. The first-order valence-corrected chi connectivity index (χ1v) is 11.9. The Bertz CT molecular complexity index is 1540. The molecule has 4 aromatic rings. The molecule has 0 amide bonds. The van der Waals surface area contributed by atoms with Crippen LogP contribution in [0.4, 0.5) is 5.69 Å².